The van der Waals surface area contributed by atoms with Gasteiger partial charge in [0, 0.05) is 29.8 Å². The molecule has 1 aromatic rings. The van der Waals surface area contributed by atoms with Crippen molar-refractivity contribution in [3.63, 3.8) is 0 Å². The second-order valence-corrected chi connectivity index (χ2v) is 5.03. The third-order valence-electron chi connectivity index (χ3n) is 3.46. The first-order valence-electron chi connectivity index (χ1n) is 5.99. The summed E-state index contributed by atoms with van der Waals surface area (Å²) in [6, 6.07) is 4.87. The molecule has 1 aliphatic rings. The van der Waals surface area contributed by atoms with Crippen LogP contribution >= 0.6 is 11.6 Å². The van der Waals surface area contributed by atoms with Gasteiger partial charge in [-0.1, -0.05) is 18.0 Å². The molecule has 0 heterocycles. The molecule has 2 unspecified atom stereocenters. The molecule has 0 saturated heterocycles. The highest BCUT2D eigenvalue weighted by atomic mass is 35.5. The van der Waals surface area contributed by atoms with E-state index in [0.29, 0.717) is 29.1 Å². The Balaban J connectivity index is 1.95. The largest absolute Gasteiger partial charge is 0.396 e. The number of aliphatic hydroxyl groups is 1. The number of rotatable bonds is 4. The van der Waals surface area contributed by atoms with Gasteiger partial charge in [0.2, 0.25) is 0 Å². The molecule has 1 saturated carbocycles. The lowest BCUT2D eigenvalue weighted by Gasteiger charge is -2.19. The van der Waals surface area contributed by atoms with Crippen molar-refractivity contribution in [1.29, 1.82) is 0 Å². The minimum atomic E-state index is -0.236. The molecule has 1 aliphatic carbocycles. The summed E-state index contributed by atoms with van der Waals surface area (Å²) >= 11 is 5.83. The molecule has 0 radical (unpaired) electrons. The van der Waals surface area contributed by atoms with Gasteiger partial charge in [0.1, 0.15) is 5.82 Å². The van der Waals surface area contributed by atoms with Crippen molar-refractivity contribution in [2.75, 3.05) is 6.61 Å². The summed E-state index contributed by atoms with van der Waals surface area (Å²) in [6.45, 7) is 0.670. The van der Waals surface area contributed by atoms with E-state index in [1.165, 1.54) is 6.07 Å². The molecule has 2 N–H and O–H groups in total. The zero-order valence-electron chi connectivity index (χ0n) is 9.63. The van der Waals surface area contributed by atoms with E-state index in [0.717, 1.165) is 19.3 Å². The standard InChI is InChI=1S/C13H17ClFNO/c14-11-4-5-12(15)10(6-11)7-16-13-3-1-2-9(13)8-17/h4-6,9,13,16-17H,1-3,7-8H2. The van der Waals surface area contributed by atoms with Crippen molar-refractivity contribution in [1.82, 2.24) is 5.32 Å². The molecule has 2 nitrogen and oxygen atoms in total. The highest BCUT2D eigenvalue weighted by molar-refractivity contribution is 6.30. The topological polar surface area (TPSA) is 32.3 Å². The summed E-state index contributed by atoms with van der Waals surface area (Å²) in [5.41, 5.74) is 0.584. The van der Waals surface area contributed by atoms with E-state index in [1.54, 1.807) is 12.1 Å². The van der Waals surface area contributed by atoms with E-state index in [4.69, 9.17) is 11.6 Å². The molecule has 0 amide bonds. The highest BCUT2D eigenvalue weighted by Crippen LogP contribution is 2.25. The molecular weight excluding hydrogens is 241 g/mol. The molecule has 2 atom stereocenters. The summed E-state index contributed by atoms with van der Waals surface area (Å²) in [5.74, 6) is 0.0673. The Hall–Kier alpha value is -0.640. The van der Waals surface area contributed by atoms with Crippen molar-refractivity contribution in [3.8, 4) is 0 Å². The number of benzene rings is 1. The first-order valence-corrected chi connectivity index (χ1v) is 6.36. The molecule has 0 spiro atoms. The Labute approximate surface area is 106 Å². The van der Waals surface area contributed by atoms with E-state index in [-0.39, 0.29) is 12.4 Å². The molecular formula is C13H17ClFNO. The van der Waals surface area contributed by atoms with Gasteiger partial charge >= 0.3 is 0 Å². The lowest BCUT2D eigenvalue weighted by atomic mass is 10.0. The minimum Gasteiger partial charge on any atom is -0.396 e. The van der Waals surface area contributed by atoms with Gasteiger partial charge in [0.05, 0.1) is 0 Å². The summed E-state index contributed by atoms with van der Waals surface area (Å²) < 4.78 is 13.5. The van der Waals surface area contributed by atoms with Crippen LogP contribution in [-0.2, 0) is 6.54 Å². The fourth-order valence-electron chi connectivity index (χ4n) is 2.44. The smallest absolute Gasteiger partial charge is 0.127 e. The van der Waals surface area contributed by atoms with E-state index in [1.807, 2.05) is 0 Å². The maximum Gasteiger partial charge on any atom is 0.127 e. The van der Waals surface area contributed by atoms with Crippen molar-refractivity contribution < 1.29 is 9.50 Å². The Morgan fingerprint density at radius 1 is 1.41 bits per heavy atom. The number of aliphatic hydroxyl groups excluding tert-OH is 1. The molecule has 1 aromatic carbocycles. The average Bonchev–Trinajstić information content (AvgIpc) is 2.77. The zero-order valence-corrected chi connectivity index (χ0v) is 10.4. The van der Waals surface area contributed by atoms with Crippen LogP contribution in [0.2, 0.25) is 5.02 Å². The van der Waals surface area contributed by atoms with E-state index in [9.17, 15) is 9.50 Å². The molecule has 0 bridgehead atoms. The molecule has 0 aliphatic heterocycles. The van der Waals surface area contributed by atoms with Gasteiger partial charge in [-0.2, -0.15) is 0 Å². The monoisotopic (exact) mass is 257 g/mol. The van der Waals surface area contributed by atoms with E-state index >= 15 is 0 Å². The first-order chi connectivity index (χ1) is 8.20. The Morgan fingerprint density at radius 3 is 3.00 bits per heavy atom. The summed E-state index contributed by atoms with van der Waals surface area (Å²) in [7, 11) is 0. The molecule has 1 fully saturated rings. The van der Waals surface area contributed by atoms with Gasteiger partial charge in [0.15, 0.2) is 0 Å². The lowest BCUT2D eigenvalue weighted by molar-refractivity contribution is 0.205. The first kappa shape index (κ1) is 12.8. The van der Waals surface area contributed by atoms with Crippen LogP contribution in [0, 0.1) is 11.7 Å². The van der Waals surface area contributed by atoms with Crippen LogP contribution in [0.25, 0.3) is 0 Å². The Bertz CT molecular complexity index is 386. The molecule has 4 heteroatoms. The van der Waals surface area contributed by atoms with Crippen molar-refractivity contribution in [3.05, 3.63) is 34.6 Å². The summed E-state index contributed by atoms with van der Waals surface area (Å²) in [4.78, 5) is 0. The van der Waals surface area contributed by atoms with Crippen LogP contribution in [0.1, 0.15) is 24.8 Å². The normalized spacial score (nSPS) is 24.2. The highest BCUT2D eigenvalue weighted by Gasteiger charge is 2.26. The van der Waals surface area contributed by atoms with Gasteiger partial charge in [-0.25, -0.2) is 4.39 Å². The van der Waals surface area contributed by atoms with Crippen LogP contribution < -0.4 is 5.32 Å². The van der Waals surface area contributed by atoms with Crippen molar-refractivity contribution in [2.45, 2.75) is 31.8 Å². The van der Waals surface area contributed by atoms with Gasteiger partial charge in [0.25, 0.3) is 0 Å². The van der Waals surface area contributed by atoms with Crippen LogP contribution in [-0.4, -0.2) is 17.8 Å². The quantitative estimate of drug-likeness (QED) is 0.869. The molecule has 2 rings (SSSR count). The van der Waals surface area contributed by atoms with E-state index in [2.05, 4.69) is 5.32 Å². The number of hydrogen-bond acceptors (Lipinski definition) is 2. The van der Waals surface area contributed by atoms with Gasteiger partial charge in [-0.15, -0.1) is 0 Å². The summed E-state index contributed by atoms with van der Waals surface area (Å²) in [5, 5.41) is 13.1. The van der Waals surface area contributed by atoms with Crippen LogP contribution in [0.4, 0.5) is 4.39 Å². The third-order valence-corrected chi connectivity index (χ3v) is 3.69. The predicted octanol–water partition coefficient (Wildman–Crippen LogP) is 2.73. The zero-order chi connectivity index (χ0) is 12.3. The SMILES string of the molecule is OCC1CCCC1NCc1cc(Cl)ccc1F. The van der Waals surface area contributed by atoms with E-state index < -0.39 is 0 Å². The molecule has 17 heavy (non-hydrogen) atoms. The number of hydrogen-bond donors (Lipinski definition) is 2. The fraction of sp³-hybridized carbons (Fsp3) is 0.538. The molecule has 94 valence electrons. The van der Waals surface area contributed by atoms with Gasteiger partial charge in [-0.3, -0.25) is 0 Å². The Kier molecular flexibility index (Phi) is 4.37. The van der Waals surface area contributed by atoms with Crippen molar-refractivity contribution in [2.24, 2.45) is 5.92 Å². The minimum absolute atomic E-state index is 0.204. The average molecular weight is 258 g/mol. The molecule has 0 aromatic heterocycles. The van der Waals surface area contributed by atoms with Crippen LogP contribution in [0.15, 0.2) is 18.2 Å². The summed E-state index contributed by atoms with van der Waals surface area (Å²) in [6.07, 6.45) is 3.22. The van der Waals surface area contributed by atoms with Crippen molar-refractivity contribution >= 4 is 11.6 Å². The fourth-order valence-corrected chi connectivity index (χ4v) is 2.64. The second kappa shape index (κ2) is 5.80. The lowest BCUT2D eigenvalue weighted by Crippen LogP contribution is -2.33. The third kappa shape index (κ3) is 3.18. The van der Waals surface area contributed by atoms with Crippen LogP contribution in [0.5, 0.6) is 0 Å². The Morgan fingerprint density at radius 2 is 2.24 bits per heavy atom. The second-order valence-electron chi connectivity index (χ2n) is 4.60. The van der Waals surface area contributed by atoms with Gasteiger partial charge < -0.3 is 10.4 Å². The van der Waals surface area contributed by atoms with Crippen LogP contribution in [0.3, 0.4) is 0 Å². The maximum absolute atomic E-state index is 13.5. The number of halogens is 2. The number of nitrogens with one attached hydrogen (secondary N) is 1. The van der Waals surface area contributed by atoms with Gasteiger partial charge in [-0.05, 0) is 37.0 Å². The predicted molar refractivity (Wildman–Crippen MR) is 66.5 cm³/mol. The maximum atomic E-state index is 13.5.